The summed E-state index contributed by atoms with van der Waals surface area (Å²) < 4.78 is 13.7. The van der Waals surface area contributed by atoms with Crippen molar-refractivity contribution in [3.05, 3.63) is 34.6 Å². The molecule has 1 aromatic rings. The van der Waals surface area contributed by atoms with Gasteiger partial charge in [0.25, 0.3) is 0 Å². The van der Waals surface area contributed by atoms with Gasteiger partial charge in [-0.1, -0.05) is 17.7 Å². The van der Waals surface area contributed by atoms with E-state index in [-0.39, 0.29) is 17.8 Å². The van der Waals surface area contributed by atoms with Crippen molar-refractivity contribution in [1.82, 2.24) is 10.6 Å². The summed E-state index contributed by atoms with van der Waals surface area (Å²) in [4.78, 5) is 4.35. The van der Waals surface area contributed by atoms with E-state index in [0.717, 1.165) is 31.9 Å². The van der Waals surface area contributed by atoms with Crippen molar-refractivity contribution in [3.8, 4) is 0 Å². The summed E-state index contributed by atoms with van der Waals surface area (Å²) in [5, 5.41) is 7.03. The van der Waals surface area contributed by atoms with Crippen LogP contribution in [0, 0.1) is 5.82 Å². The van der Waals surface area contributed by atoms with Crippen molar-refractivity contribution >= 4 is 17.6 Å². The predicted molar refractivity (Wildman–Crippen MR) is 70.6 cm³/mol. The van der Waals surface area contributed by atoms with Crippen molar-refractivity contribution in [3.63, 3.8) is 0 Å². The van der Waals surface area contributed by atoms with Crippen LogP contribution in [-0.4, -0.2) is 25.1 Å². The molecular formula is C13H15ClFN3. The van der Waals surface area contributed by atoms with E-state index in [1.54, 1.807) is 12.1 Å². The van der Waals surface area contributed by atoms with E-state index < -0.39 is 0 Å². The van der Waals surface area contributed by atoms with Crippen LogP contribution in [0.1, 0.15) is 24.3 Å². The van der Waals surface area contributed by atoms with Crippen molar-refractivity contribution in [1.29, 1.82) is 0 Å². The SMILES string of the molecule is Fc1cccc(Cl)c1C1CC1NC1=NCCCN1. The van der Waals surface area contributed by atoms with Gasteiger partial charge in [-0.05, 0) is 25.0 Å². The highest BCUT2D eigenvalue weighted by molar-refractivity contribution is 6.31. The van der Waals surface area contributed by atoms with E-state index >= 15 is 0 Å². The zero-order valence-electron chi connectivity index (χ0n) is 9.92. The van der Waals surface area contributed by atoms with Gasteiger partial charge in [0.2, 0.25) is 0 Å². The molecule has 1 aliphatic heterocycles. The number of guanidine groups is 1. The van der Waals surface area contributed by atoms with Gasteiger partial charge in [0.1, 0.15) is 5.82 Å². The molecule has 1 heterocycles. The van der Waals surface area contributed by atoms with Gasteiger partial charge in [-0.25, -0.2) is 4.39 Å². The fourth-order valence-electron chi connectivity index (χ4n) is 2.34. The number of rotatable bonds is 2. The van der Waals surface area contributed by atoms with Gasteiger partial charge >= 0.3 is 0 Å². The molecule has 0 spiro atoms. The highest BCUT2D eigenvalue weighted by Gasteiger charge is 2.41. The summed E-state index contributed by atoms with van der Waals surface area (Å²) >= 11 is 6.06. The van der Waals surface area contributed by atoms with Crippen LogP contribution in [0.2, 0.25) is 5.02 Å². The number of hydrogen-bond acceptors (Lipinski definition) is 3. The first-order valence-corrected chi connectivity index (χ1v) is 6.62. The van der Waals surface area contributed by atoms with Gasteiger partial charge in [-0.15, -0.1) is 0 Å². The lowest BCUT2D eigenvalue weighted by Gasteiger charge is -2.16. The van der Waals surface area contributed by atoms with Crippen LogP contribution in [0.15, 0.2) is 23.2 Å². The average Bonchev–Trinajstić information content (AvgIpc) is 3.09. The van der Waals surface area contributed by atoms with E-state index in [1.165, 1.54) is 6.07 Å². The summed E-state index contributed by atoms with van der Waals surface area (Å²) in [5.74, 6) is 0.779. The molecule has 96 valence electrons. The molecule has 2 N–H and O–H groups in total. The van der Waals surface area contributed by atoms with Crippen molar-refractivity contribution in [2.45, 2.75) is 24.8 Å². The van der Waals surface area contributed by atoms with Gasteiger partial charge < -0.3 is 10.6 Å². The number of nitrogens with zero attached hydrogens (tertiary/aromatic N) is 1. The first-order chi connectivity index (χ1) is 8.75. The van der Waals surface area contributed by atoms with Crippen LogP contribution in [0.5, 0.6) is 0 Å². The molecule has 2 unspecified atom stereocenters. The molecule has 0 saturated heterocycles. The third kappa shape index (κ3) is 2.29. The highest BCUT2D eigenvalue weighted by atomic mass is 35.5. The first kappa shape index (κ1) is 11.8. The van der Waals surface area contributed by atoms with Crippen molar-refractivity contribution < 1.29 is 4.39 Å². The first-order valence-electron chi connectivity index (χ1n) is 6.24. The van der Waals surface area contributed by atoms with Gasteiger partial charge in [-0.3, -0.25) is 4.99 Å². The Morgan fingerprint density at radius 2 is 2.33 bits per heavy atom. The molecule has 1 aromatic carbocycles. The molecule has 1 aliphatic carbocycles. The van der Waals surface area contributed by atoms with E-state index in [4.69, 9.17) is 11.6 Å². The Morgan fingerprint density at radius 1 is 1.44 bits per heavy atom. The number of nitrogens with one attached hydrogen (secondary N) is 2. The van der Waals surface area contributed by atoms with Gasteiger partial charge in [0.15, 0.2) is 5.96 Å². The summed E-state index contributed by atoms with van der Waals surface area (Å²) in [5.41, 5.74) is 0.632. The van der Waals surface area contributed by atoms with E-state index in [9.17, 15) is 4.39 Å². The third-order valence-electron chi connectivity index (χ3n) is 3.38. The Kier molecular flexibility index (Phi) is 3.12. The summed E-state index contributed by atoms with van der Waals surface area (Å²) in [6, 6.07) is 5.08. The number of hydrogen-bond donors (Lipinski definition) is 2. The topological polar surface area (TPSA) is 36.4 Å². The summed E-state index contributed by atoms with van der Waals surface area (Å²) in [6.45, 7) is 1.80. The Balaban J connectivity index is 1.68. The number of benzene rings is 1. The maximum absolute atomic E-state index is 13.7. The largest absolute Gasteiger partial charge is 0.356 e. The fraction of sp³-hybridized carbons (Fsp3) is 0.462. The minimum absolute atomic E-state index is 0.158. The lowest BCUT2D eigenvalue weighted by atomic mass is 10.1. The van der Waals surface area contributed by atoms with Gasteiger partial charge in [0.05, 0.1) is 0 Å². The smallest absolute Gasteiger partial charge is 0.191 e. The molecule has 0 radical (unpaired) electrons. The monoisotopic (exact) mass is 267 g/mol. The molecule has 1 saturated carbocycles. The minimum Gasteiger partial charge on any atom is -0.356 e. The van der Waals surface area contributed by atoms with Crippen molar-refractivity contribution in [2.75, 3.05) is 13.1 Å². The number of halogens is 2. The van der Waals surface area contributed by atoms with Crippen LogP contribution in [-0.2, 0) is 0 Å². The zero-order valence-corrected chi connectivity index (χ0v) is 10.7. The van der Waals surface area contributed by atoms with E-state index in [1.807, 2.05) is 0 Å². The Bertz CT molecular complexity index is 469. The maximum atomic E-state index is 13.7. The lowest BCUT2D eigenvalue weighted by molar-refractivity contribution is 0.607. The van der Waals surface area contributed by atoms with E-state index in [2.05, 4.69) is 15.6 Å². The Labute approximate surface area is 110 Å². The molecule has 2 aliphatic rings. The van der Waals surface area contributed by atoms with Gasteiger partial charge in [-0.2, -0.15) is 0 Å². The molecule has 0 bridgehead atoms. The second-order valence-electron chi connectivity index (χ2n) is 4.74. The average molecular weight is 268 g/mol. The molecule has 0 amide bonds. The van der Waals surface area contributed by atoms with E-state index in [0.29, 0.717) is 10.6 Å². The normalized spacial score (nSPS) is 26.2. The zero-order chi connectivity index (χ0) is 12.5. The molecule has 1 fully saturated rings. The Morgan fingerprint density at radius 3 is 3.06 bits per heavy atom. The Hall–Kier alpha value is -1.29. The quantitative estimate of drug-likeness (QED) is 0.863. The maximum Gasteiger partial charge on any atom is 0.191 e. The predicted octanol–water partition coefficient (Wildman–Crippen LogP) is 2.27. The molecule has 2 atom stereocenters. The standard InChI is InChI=1S/C13H15ClFN3/c14-9-3-1-4-10(15)12(9)8-7-11(8)18-13-16-5-2-6-17-13/h1,3-4,8,11H,2,5-7H2,(H2,16,17,18). The molecule has 3 rings (SSSR count). The van der Waals surface area contributed by atoms with Gasteiger partial charge in [0, 0.05) is 35.6 Å². The fourth-order valence-corrected chi connectivity index (χ4v) is 2.65. The van der Waals surface area contributed by atoms with Crippen LogP contribution in [0.25, 0.3) is 0 Å². The second kappa shape index (κ2) is 4.76. The summed E-state index contributed by atoms with van der Waals surface area (Å²) in [6.07, 6.45) is 1.97. The highest BCUT2D eigenvalue weighted by Crippen LogP contribution is 2.44. The molecule has 0 aromatic heterocycles. The molecule has 18 heavy (non-hydrogen) atoms. The van der Waals surface area contributed by atoms with Crippen LogP contribution in [0.4, 0.5) is 4.39 Å². The van der Waals surface area contributed by atoms with Crippen molar-refractivity contribution in [2.24, 2.45) is 4.99 Å². The molecular weight excluding hydrogens is 253 g/mol. The minimum atomic E-state index is -0.213. The third-order valence-corrected chi connectivity index (χ3v) is 3.71. The lowest BCUT2D eigenvalue weighted by Crippen LogP contribution is -2.42. The summed E-state index contributed by atoms with van der Waals surface area (Å²) in [7, 11) is 0. The van der Waals surface area contributed by atoms with Crippen LogP contribution in [0.3, 0.4) is 0 Å². The van der Waals surface area contributed by atoms with Crippen LogP contribution < -0.4 is 10.6 Å². The second-order valence-corrected chi connectivity index (χ2v) is 5.15. The number of aliphatic imine (C=N–C) groups is 1. The molecule has 3 nitrogen and oxygen atoms in total. The molecule has 5 heteroatoms. The van der Waals surface area contributed by atoms with Crippen LogP contribution >= 0.6 is 11.6 Å².